The number of methoxy groups -OCH3 is 1. The molecule has 1 aromatic heterocycles. The number of benzene rings is 3. The van der Waals surface area contributed by atoms with Crippen molar-refractivity contribution in [2.45, 2.75) is 31.1 Å². The van der Waals surface area contributed by atoms with Crippen LogP contribution in [0.4, 0.5) is 4.39 Å². The van der Waals surface area contributed by atoms with Crippen LogP contribution in [0.15, 0.2) is 59.0 Å². The van der Waals surface area contributed by atoms with Crippen molar-refractivity contribution in [3.8, 4) is 11.3 Å². The van der Waals surface area contributed by atoms with Gasteiger partial charge >= 0.3 is 5.97 Å². The molecule has 0 spiro atoms. The van der Waals surface area contributed by atoms with Gasteiger partial charge in [0.25, 0.3) is 5.91 Å². The highest BCUT2D eigenvalue weighted by Crippen LogP contribution is 2.45. The highest BCUT2D eigenvalue weighted by molar-refractivity contribution is 14.1. The number of hydrogen-bond donors (Lipinski definition) is 2. The summed E-state index contributed by atoms with van der Waals surface area (Å²) in [5.74, 6) is -1.25. The van der Waals surface area contributed by atoms with E-state index in [0.717, 1.165) is 18.4 Å². The molecule has 4 aromatic rings. The first-order valence-electron chi connectivity index (χ1n) is 12.5. The van der Waals surface area contributed by atoms with Crippen LogP contribution in [0, 0.1) is 9.39 Å². The van der Waals surface area contributed by atoms with Crippen LogP contribution < -0.4 is 10.0 Å². The summed E-state index contributed by atoms with van der Waals surface area (Å²) in [5, 5.41) is 3.17. The first-order valence-corrected chi connectivity index (χ1v) is 15.2. The lowest BCUT2D eigenvalue weighted by Crippen LogP contribution is -2.25. The van der Waals surface area contributed by atoms with Crippen LogP contribution >= 0.6 is 22.6 Å². The number of furan rings is 1. The van der Waals surface area contributed by atoms with Crippen LogP contribution in [0.1, 0.15) is 56.2 Å². The van der Waals surface area contributed by atoms with Gasteiger partial charge in [-0.1, -0.05) is 18.2 Å². The van der Waals surface area contributed by atoms with Crippen molar-refractivity contribution < 1.29 is 31.6 Å². The van der Waals surface area contributed by atoms with Crippen LogP contribution in [-0.4, -0.2) is 34.5 Å². The molecule has 1 aliphatic carbocycles. The molecular weight excluding hydrogens is 650 g/mol. The number of carbonyl (C=O) groups is 2. The Morgan fingerprint density at radius 3 is 2.58 bits per heavy atom. The SMILES string of the molecule is CNC(=O)c1c(-c2cccc(F)c2)oc2cc(CS(=O)(=O)NCc3ccc(I)c(C(=O)OC)c3)c(C3CC3)cc12. The fraction of sp³-hybridized carbons (Fsp3) is 0.241. The van der Waals surface area contributed by atoms with Crippen LogP contribution in [0.2, 0.25) is 0 Å². The number of nitrogens with one attached hydrogen (secondary N) is 2. The van der Waals surface area contributed by atoms with E-state index < -0.39 is 21.8 Å². The summed E-state index contributed by atoms with van der Waals surface area (Å²) in [6, 6.07) is 14.4. The fourth-order valence-electron chi connectivity index (χ4n) is 4.68. The minimum atomic E-state index is -3.80. The summed E-state index contributed by atoms with van der Waals surface area (Å²) in [6.07, 6.45) is 1.82. The Morgan fingerprint density at radius 2 is 1.90 bits per heavy atom. The van der Waals surface area contributed by atoms with Crippen molar-refractivity contribution in [2.24, 2.45) is 0 Å². The van der Waals surface area contributed by atoms with Gasteiger partial charge in [0.2, 0.25) is 10.0 Å². The molecule has 5 rings (SSSR count). The van der Waals surface area contributed by atoms with Crippen molar-refractivity contribution in [1.29, 1.82) is 0 Å². The second-order valence-corrected chi connectivity index (χ2v) is 12.6. The monoisotopic (exact) mass is 676 g/mol. The molecule has 0 saturated heterocycles. The van der Waals surface area contributed by atoms with Crippen molar-refractivity contribution in [1.82, 2.24) is 10.0 Å². The Labute approximate surface area is 244 Å². The van der Waals surface area contributed by atoms with Crippen LogP contribution in [-0.2, 0) is 27.1 Å². The standard InChI is InChI=1S/C29H26FIN2O6S/c1-32-28(34)26-23-13-21(17-7-8-17)19(12-25(23)39-27(26)18-4-3-5-20(30)11-18)15-40(36,37)33-14-16-6-9-24(31)22(10-16)29(35)38-2/h3-6,9-13,17,33H,7-8,14-15H2,1-2H3,(H,32,34). The lowest BCUT2D eigenvalue weighted by atomic mass is 9.98. The Balaban J connectivity index is 1.49. The number of esters is 1. The molecule has 0 aliphatic heterocycles. The van der Waals surface area contributed by atoms with E-state index in [1.165, 1.54) is 32.4 Å². The predicted molar refractivity (Wildman–Crippen MR) is 157 cm³/mol. The summed E-state index contributed by atoms with van der Waals surface area (Å²) in [5.41, 5.74) is 3.41. The van der Waals surface area contributed by atoms with Gasteiger partial charge in [-0.3, -0.25) is 4.79 Å². The average Bonchev–Trinajstić information content (AvgIpc) is 3.71. The van der Waals surface area contributed by atoms with Gasteiger partial charge in [-0.15, -0.1) is 0 Å². The normalized spacial score (nSPS) is 13.4. The van der Waals surface area contributed by atoms with Crippen LogP contribution in [0.25, 0.3) is 22.3 Å². The molecule has 1 heterocycles. The maximum absolute atomic E-state index is 14.0. The number of hydrogen-bond acceptors (Lipinski definition) is 6. The second-order valence-electron chi connectivity index (χ2n) is 9.60. The van der Waals surface area contributed by atoms with Gasteiger partial charge in [-0.2, -0.15) is 0 Å². The molecule has 11 heteroatoms. The van der Waals surface area contributed by atoms with E-state index in [-0.39, 0.29) is 35.4 Å². The van der Waals surface area contributed by atoms with E-state index in [9.17, 15) is 22.4 Å². The molecule has 0 bridgehead atoms. The van der Waals surface area contributed by atoms with Gasteiger partial charge in [-0.05, 0) is 94.4 Å². The van der Waals surface area contributed by atoms with E-state index in [1.54, 1.807) is 30.3 Å². The third-order valence-electron chi connectivity index (χ3n) is 6.79. The summed E-state index contributed by atoms with van der Waals surface area (Å²) >= 11 is 2.02. The lowest BCUT2D eigenvalue weighted by Gasteiger charge is -2.12. The number of sulfonamides is 1. The van der Waals surface area contributed by atoms with Gasteiger partial charge < -0.3 is 14.5 Å². The fourth-order valence-corrected chi connectivity index (χ4v) is 6.39. The Bertz CT molecular complexity index is 1750. The Hall–Kier alpha value is -3.29. The van der Waals surface area contributed by atoms with Gasteiger partial charge in [0.05, 0.1) is 24.0 Å². The molecule has 40 heavy (non-hydrogen) atoms. The minimum Gasteiger partial charge on any atom is -0.465 e. The second kappa shape index (κ2) is 11.3. The molecule has 1 aliphatic rings. The van der Waals surface area contributed by atoms with E-state index in [0.29, 0.717) is 36.8 Å². The Kier molecular flexibility index (Phi) is 7.98. The molecule has 1 fully saturated rings. The quantitative estimate of drug-likeness (QED) is 0.179. The zero-order chi connectivity index (χ0) is 28.6. The van der Waals surface area contributed by atoms with Gasteiger partial charge in [0.1, 0.15) is 17.2 Å². The largest absolute Gasteiger partial charge is 0.465 e. The van der Waals surface area contributed by atoms with Crippen LogP contribution in [0.5, 0.6) is 0 Å². The summed E-state index contributed by atoms with van der Waals surface area (Å²) in [4.78, 5) is 24.9. The summed E-state index contributed by atoms with van der Waals surface area (Å²) in [6.45, 7) is -0.00442. The van der Waals surface area contributed by atoms with Crippen molar-refractivity contribution >= 4 is 55.5 Å². The molecular formula is C29H26FIN2O6S. The van der Waals surface area contributed by atoms with E-state index in [1.807, 2.05) is 28.7 Å². The maximum atomic E-state index is 14.0. The molecule has 208 valence electrons. The van der Waals surface area contributed by atoms with Crippen molar-refractivity contribution in [2.75, 3.05) is 14.2 Å². The molecule has 8 nitrogen and oxygen atoms in total. The number of fused-ring (bicyclic) bond motifs is 1. The van der Waals surface area contributed by atoms with Gasteiger partial charge in [0, 0.05) is 28.1 Å². The highest BCUT2D eigenvalue weighted by atomic mass is 127. The van der Waals surface area contributed by atoms with Crippen LogP contribution in [0.3, 0.4) is 0 Å². The predicted octanol–water partition coefficient (Wildman–Crippen LogP) is 5.49. The van der Waals surface area contributed by atoms with E-state index in [2.05, 4.69) is 10.0 Å². The number of rotatable bonds is 9. The molecule has 1 amide bonds. The average molecular weight is 677 g/mol. The smallest absolute Gasteiger partial charge is 0.338 e. The first-order chi connectivity index (χ1) is 19.1. The summed E-state index contributed by atoms with van der Waals surface area (Å²) in [7, 11) is -1.00. The third kappa shape index (κ3) is 5.91. The number of halogens is 2. The molecule has 0 unspecified atom stereocenters. The maximum Gasteiger partial charge on any atom is 0.338 e. The zero-order valence-corrected chi connectivity index (χ0v) is 24.7. The third-order valence-corrected chi connectivity index (χ3v) is 9.00. The summed E-state index contributed by atoms with van der Waals surface area (Å²) < 4.78 is 54.6. The van der Waals surface area contributed by atoms with Crippen molar-refractivity contribution in [3.63, 3.8) is 0 Å². The number of carbonyl (C=O) groups excluding carboxylic acids is 2. The van der Waals surface area contributed by atoms with Gasteiger partial charge in [-0.25, -0.2) is 22.3 Å². The topological polar surface area (TPSA) is 115 Å². The number of ether oxygens (including phenoxy) is 1. The molecule has 2 N–H and O–H groups in total. The molecule has 0 radical (unpaired) electrons. The lowest BCUT2D eigenvalue weighted by molar-refractivity contribution is 0.0599. The van der Waals surface area contributed by atoms with E-state index >= 15 is 0 Å². The highest BCUT2D eigenvalue weighted by Gasteiger charge is 2.31. The first kappa shape index (κ1) is 28.2. The molecule has 3 aromatic carbocycles. The van der Waals surface area contributed by atoms with Gasteiger partial charge in [0.15, 0.2) is 0 Å². The molecule has 0 atom stereocenters. The van der Waals surface area contributed by atoms with Crippen molar-refractivity contribution in [3.05, 3.63) is 91.8 Å². The van der Waals surface area contributed by atoms with E-state index in [4.69, 9.17) is 9.15 Å². The number of amides is 1. The Morgan fingerprint density at radius 1 is 1.12 bits per heavy atom. The minimum absolute atomic E-state index is 0.00442. The zero-order valence-electron chi connectivity index (χ0n) is 21.7. The molecule has 1 saturated carbocycles.